The molecule has 1 saturated carbocycles. The molecule has 2 N–H and O–H groups in total. The topological polar surface area (TPSA) is 94.1 Å². The summed E-state index contributed by atoms with van der Waals surface area (Å²) in [5.74, 6) is 0.995. The first kappa shape index (κ1) is 22.8. The quantitative estimate of drug-likeness (QED) is 0.511. The predicted octanol–water partition coefficient (Wildman–Crippen LogP) is 4.81. The third kappa shape index (κ3) is 4.30. The van der Waals surface area contributed by atoms with Crippen LogP contribution >= 0.6 is 0 Å². The zero-order valence-corrected chi connectivity index (χ0v) is 19.6. The van der Waals surface area contributed by atoms with Crippen molar-refractivity contribution in [1.29, 1.82) is 0 Å². The second-order valence-electron chi connectivity index (χ2n) is 9.01. The first-order valence-electron chi connectivity index (χ1n) is 11.6. The lowest BCUT2D eigenvalue weighted by Gasteiger charge is -2.34. The molecule has 3 aromatic rings. The van der Waals surface area contributed by atoms with Crippen molar-refractivity contribution in [2.45, 2.75) is 36.8 Å². The number of nitrogens with one attached hydrogen (secondary N) is 1. The van der Waals surface area contributed by atoms with Gasteiger partial charge >= 0.3 is 5.97 Å². The maximum atomic E-state index is 13.6. The zero-order valence-electron chi connectivity index (χ0n) is 19.6. The molecule has 5 rings (SSSR count). The van der Waals surface area contributed by atoms with Crippen LogP contribution in [-0.4, -0.2) is 31.2 Å². The van der Waals surface area contributed by atoms with Gasteiger partial charge in [0, 0.05) is 18.1 Å². The van der Waals surface area contributed by atoms with Crippen molar-refractivity contribution >= 4 is 11.9 Å². The Morgan fingerprint density at radius 1 is 0.971 bits per heavy atom. The van der Waals surface area contributed by atoms with Crippen LogP contribution in [0.1, 0.15) is 58.5 Å². The molecule has 1 aliphatic carbocycles. The lowest BCUT2D eigenvalue weighted by Crippen LogP contribution is -2.39. The lowest BCUT2D eigenvalue weighted by molar-refractivity contribution is -0.124. The first-order valence-corrected chi connectivity index (χ1v) is 11.6. The molecule has 1 heterocycles. The molecule has 0 spiro atoms. The van der Waals surface area contributed by atoms with E-state index in [2.05, 4.69) is 5.32 Å². The number of amides is 1. The van der Waals surface area contributed by atoms with Crippen LogP contribution in [0.5, 0.6) is 17.2 Å². The van der Waals surface area contributed by atoms with Gasteiger partial charge in [-0.25, -0.2) is 4.79 Å². The fourth-order valence-electron chi connectivity index (χ4n) is 4.77. The molecule has 35 heavy (non-hydrogen) atoms. The number of carboxylic acids is 1. The number of hydrogen-bond acceptors (Lipinski definition) is 5. The van der Waals surface area contributed by atoms with Crippen LogP contribution in [0.15, 0.2) is 66.7 Å². The Kier molecular flexibility index (Phi) is 5.84. The van der Waals surface area contributed by atoms with Crippen LogP contribution in [0.2, 0.25) is 0 Å². The van der Waals surface area contributed by atoms with E-state index in [1.54, 1.807) is 38.5 Å². The molecule has 180 valence electrons. The van der Waals surface area contributed by atoms with Gasteiger partial charge < -0.3 is 24.6 Å². The fraction of sp³-hybridized carbons (Fsp3) is 0.286. The van der Waals surface area contributed by atoms with E-state index in [4.69, 9.17) is 14.2 Å². The Balaban J connectivity index is 1.45. The number of hydrogen-bond donors (Lipinski definition) is 2. The average Bonchev–Trinajstić information content (AvgIpc) is 3.70. The van der Waals surface area contributed by atoms with Gasteiger partial charge in [0.05, 0.1) is 31.2 Å². The van der Waals surface area contributed by atoms with Crippen LogP contribution in [-0.2, 0) is 10.2 Å². The number of ether oxygens (including phenoxy) is 3. The minimum Gasteiger partial charge on any atom is -0.497 e. The summed E-state index contributed by atoms with van der Waals surface area (Å²) in [5.41, 5.74) is 2.24. The normalized spacial score (nSPS) is 19.6. The SMILES string of the molecule is COc1ccc(C2(C(=O)N[C@@H]3C[C@H](c4cccc(C(=O)O)c4)Oc4cc(OC)ccc43)CC2)cc1. The highest BCUT2D eigenvalue weighted by molar-refractivity contribution is 5.91. The Hall–Kier alpha value is -4.00. The molecule has 0 aromatic heterocycles. The summed E-state index contributed by atoms with van der Waals surface area (Å²) < 4.78 is 16.9. The maximum absolute atomic E-state index is 13.6. The van der Waals surface area contributed by atoms with Gasteiger partial charge in [0.25, 0.3) is 0 Å². The number of carboxylic acid groups (broad SMARTS) is 1. The van der Waals surface area contributed by atoms with Crippen molar-refractivity contribution in [2.24, 2.45) is 0 Å². The van der Waals surface area contributed by atoms with E-state index < -0.39 is 17.5 Å². The Morgan fingerprint density at radius 3 is 2.34 bits per heavy atom. The number of fused-ring (bicyclic) bond motifs is 1. The molecule has 0 radical (unpaired) electrons. The van der Waals surface area contributed by atoms with Crippen LogP contribution < -0.4 is 19.5 Å². The molecule has 1 amide bonds. The number of aromatic carboxylic acids is 1. The smallest absolute Gasteiger partial charge is 0.335 e. The van der Waals surface area contributed by atoms with E-state index in [0.717, 1.165) is 35.3 Å². The zero-order chi connectivity index (χ0) is 24.6. The number of carbonyl (C=O) groups is 2. The molecule has 2 atom stereocenters. The fourth-order valence-corrected chi connectivity index (χ4v) is 4.77. The van der Waals surface area contributed by atoms with Gasteiger partial charge in [-0.2, -0.15) is 0 Å². The number of benzene rings is 3. The molecule has 3 aromatic carbocycles. The van der Waals surface area contributed by atoms with Gasteiger partial charge in [-0.3, -0.25) is 4.79 Å². The van der Waals surface area contributed by atoms with Crippen molar-refractivity contribution in [1.82, 2.24) is 5.32 Å². The molecule has 7 heteroatoms. The standard InChI is InChI=1S/C28H27NO6/c1-33-20-8-6-19(7-9-20)28(12-13-28)27(32)29-23-16-24(17-4-3-5-18(14-17)26(30)31)35-25-15-21(34-2)10-11-22(23)25/h3-11,14-15,23-24H,12-13,16H2,1-2H3,(H,29,32)(H,30,31)/t23-,24-/m1/s1. The van der Waals surface area contributed by atoms with Crippen LogP contribution in [0, 0.1) is 0 Å². The van der Waals surface area contributed by atoms with Gasteiger partial charge in [0.15, 0.2) is 0 Å². The predicted molar refractivity (Wildman–Crippen MR) is 129 cm³/mol. The number of methoxy groups -OCH3 is 2. The molecule has 0 saturated heterocycles. The van der Waals surface area contributed by atoms with Crippen molar-refractivity contribution in [3.8, 4) is 17.2 Å². The summed E-state index contributed by atoms with van der Waals surface area (Å²) in [7, 11) is 3.21. The Labute approximate surface area is 203 Å². The second kappa shape index (κ2) is 8.98. The maximum Gasteiger partial charge on any atom is 0.335 e. The van der Waals surface area contributed by atoms with Crippen molar-refractivity contribution in [3.05, 3.63) is 89.0 Å². The minimum absolute atomic E-state index is 0.0191. The Bertz CT molecular complexity index is 1260. The second-order valence-corrected chi connectivity index (χ2v) is 9.01. The van der Waals surface area contributed by atoms with Gasteiger partial charge in [0.1, 0.15) is 23.4 Å². The lowest BCUT2D eigenvalue weighted by atomic mass is 9.90. The van der Waals surface area contributed by atoms with E-state index in [1.165, 1.54) is 0 Å². The van der Waals surface area contributed by atoms with Gasteiger partial charge in [-0.1, -0.05) is 24.3 Å². The van der Waals surface area contributed by atoms with Crippen LogP contribution in [0.25, 0.3) is 0 Å². The number of rotatable bonds is 7. The summed E-state index contributed by atoms with van der Waals surface area (Å²) in [6.07, 6.45) is 1.63. The van der Waals surface area contributed by atoms with E-state index >= 15 is 0 Å². The molecular weight excluding hydrogens is 446 g/mol. The van der Waals surface area contributed by atoms with E-state index in [0.29, 0.717) is 17.9 Å². The van der Waals surface area contributed by atoms with E-state index in [9.17, 15) is 14.7 Å². The van der Waals surface area contributed by atoms with Gasteiger partial charge in [-0.15, -0.1) is 0 Å². The van der Waals surface area contributed by atoms with E-state index in [1.807, 2.05) is 42.5 Å². The first-order chi connectivity index (χ1) is 16.9. The van der Waals surface area contributed by atoms with Gasteiger partial charge in [0.2, 0.25) is 5.91 Å². The number of carbonyl (C=O) groups excluding carboxylic acids is 1. The molecule has 1 aliphatic heterocycles. The molecular formula is C28H27NO6. The summed E-state index contributed by atoms with van der Waals surface area (Å²) in [6.45, 7) is 0. The third-order valence-electron chi connectivity index (χ3n) is 6.95. The Morgan fingerprint density at radius 2 is 1.69 bits per heavy atom. The molecule has 7 nitrogen and oxygen atoms in total. The van der Waals surface area contributed by atoms with Crippen molar-refractivity contribution in [3.63, 3.8) is 0 Å². The largest absolute Gasteiger partial charge is 0.497 e. The van der Waals surface area contributed by atoms with Crippen molar-refractivity contribution < 1.29 is 28.9 Å². The highest BCUT2D eigenvalue weighted by Gasteiger charge is 2.52. The van der Waals surface area contributed by atoms with Crippen LogP contribution in [0.3, 0.4) is 0 Å². The van der Waals surface area contributed by atoms with Gasteiger partial charge in [-0.05, 0) is 60.4 Å². The monoisotopic (exact) mass is 473 g/mol. The van der Waals surface area contributed by atoms with E-state index in [-0.39, 0.29) is 17.5 Å². The van der Waals surface area contributed by atoms with Crippen LogP contribution in [0.4, 0.5) is 0 Å². The average molecular weight is 474 g/mol. The van der Waals surface area contributed by atoms with Crippen molar-refractivity contribution in [2.75, 3.05) is 14.2 Å². The molecule has 2 aliphatic rings. The molecule has 0 bridgehead atoms. The summed E-state index contributed by atoms with van der Waals surface area (Å²) in [5, 5.41) is 12.7. The molecule has 1 fully saturated rings. The summed E-state index contributed by atoms with van der Waals surface area (Å²) in [6, 6.07) is 19.7. The minimum atomic E-state index is -0.996. The third-order valence-corrected chi connectivity index (χ3v) is 6.95. The summed E-state index contributed by atoms with van der Waals surface area (Å²) >= 11 is 0. The molecule has 0 unspecified atom stereocenters. The highest BCUT2D eigenvalue weighted by atomic mass is 16.5. The highest BCUT2D eigenvalue weighted by Crippen LogP contribution is 2.50. The summed E-state index contributed by atoms with van der Waals surface area (Å²) in [4.78, 5) is 25.1.